The molecule has 4 atom stereocenters. The van der Waals surface area contributed by atoms with Crippen LogP contribution < -0.4 is 16.8 Å². The van der Waals surface area contributed by atoms with E-state index in [0.717, 1.165) is 4.90 Å². The van der Waals surface area contributed by atoms with Crippen molar-refractivity contribution in [3.8, 4) is 22.6 Å². The molecule has 0 unspecified atom stereocenters. The average Bonchev–Trinajstić information content (AvgIpc) is 2.87. The fourth-order valence-electron chi connectivity index (χ4n) is 4.18. The minimum absolute atomic E-state index is 0.0303. The van der Waals surface area contributed by atoms with Gasteiger partial charge in [-0.1, -0.05) is 12.1 Å². The average molecular weight is 501 g/mol. The fraction of sp³-hybridized carbons (Fsp3) is 0.400. The van der Waals surface area contributed by atoms with Crippen molar-refractivity contribution >= 4 is 17.8 Å². The maximum Gasteiger partial charge on any atom is 0.328 e. The fourth-order valence-corrected chi connectivity index (χ4v) is 4.18. The van der Waals surface area contributed by atoms with Crippen LogP contribution in [0.5, 0.6) is 11.5 Å². The normalized spacial score (nSPS) is 21.7. The Labute approximate surface area is 208 Å². The van der Waals surface area contributed by atoms with E-state index in [0.29, 0.717) is 22.3 Å². The van der Waals surface area contributed by atoms with Gasteiger partial charge in [0.2, 0.25) is 11.8 Å². The third kappa shape index (κ3) is 5.93. The van der Waals surface area contributed by atoms with E-state index in [4.69, 9.17) is 16.2 Å². The second-order valence-electron chi connectivity index (χ2n) is 8.88. The number of hydrogen-bond donors (Lipinski definition) is 6. The molecule has 2 amide bonds. The number of likely N-dealkylation sites (N-methyl/N-ethyl adjacent to an activating group) is 1. The molecule has 0 aromatic heterocycles. The lowest BCUT2D eigenvalue weighted by Crippen LogP contribution is -2.56. The molecule has 0 spiro atoms. The molecule has 3 rings (SSSR count). The van der Waals surface area contributed by atoms with Gasteiger partial charge in [-0.05, 0) is 46.5 Å². The smallest absolute Gasteiger partial charge is 0.328 e. The van der Waals surface area contributed by atoms with E-state index in [1.54, 1.807) is 24.3 Å². The molecule has 11 heteroatoms. The molecule has 36 heavy (non-hydrogen) atoms. The predicted molar refractivity (Wildman–Crippen MR) is 131 cm³/mol. The van der Waals surface area contributed by atoms with Crippen molar-refractivity contribution in [2.24, 2.45) is 11.5 Å². The zero-order valence-corrected chi connectivity index (χ0v) is 20.2. The zero-order chi connectivity index (χ0) is 26.6. The van der Waals surface area contributed by atoms with E-state index in [1.165, 1.54) is 26.3 Å². The van der Waals surface area contributed by atoms with Crippen molar-refractivity contribution in [2.45, 2.75) is 43.5 Å². The second-order valence-corrected chi connectivity index (χ2v) is 8.88. The van der Waals surface area contributed by atoms with Gasteiger partial charge >= 0.3 is 5.97 Å². The third-order valence-corrected chi connectivity index (χ3v) is 6.37. The van der Waals surface area contributed by atoms with E-state index >= 15 is 0 Å². The molecule has 0 aliphatic carbocycles. The molecule has 2 aromatic rings. The van der Waals surface area contributed by atoms with Crippen molar-refractivity contribution in [1.82, 2.24) is 10.2 Å². The van der Waals surface area contributed by atoms with E-state index in [1.807, 2.05) is 0 Å². The number of aliphatic hydroxyl groups excluding tert-OH is 1. The highest BCUT2D eigenvalue weighted by atomic mass is 16.5. The molecule has 2 aromatic carbocycles. The summed E-state index contributed by atoms with van der Waals surface area (Å²) >= 11 is 0. The van der Waals surface area contributed by atoms with Gasteiger partial charge in [0, 0.05) is 32.9 Å². The maximum absolute atomic E-state index is 13.4. The van der Waals surface area contributed by atoms with Crippen LogP contribution in [0.1, 0.15) is 17.5 Å². The number of esters is 1. The Balaban J connectivity index is 2.15. The quantitative estimate of drug-likeness (QED) is 0.297. The van der Waals surface area contributed by atoms with E-state index < -0.39 is 42.0 Å². The number of ether oxygens (including phenoxy) is 1. The number of nitrogens with zero attached hydrogens (tertiary/aromatic N) is 1. The molecule has 194 valence electrons. The number of hydrogen-bond acceptors (Lipinski definition) is 9. The number of phenols is 2. The Morgan fingerprint density at radius 1 is 1.11 bits per heavy atom. The van der Waals surface area contributed by atoms with Crippen LogP contribution in [0.3, 0.4) is 0 Å². The SMILES string of the molecule is COC(=O)[C@@H]1Cc2cc(ccc2O)-c2ccc(O)c(c2)C[C@H](N)C(=O)N[C@@H](C[C@@H](O)CN)C(=O)N1C. The number of phenolic OH excluding ortho intramolecular Hbond substituents is 2. The molecule has 1 aliphatic rings. The minimum atomic E-state index is -1.25. The van der Waals surface area contributed by atoms with Crippen molar-refractivity contribution < 1.29 is 34.4 Å². The maximum atomic E-state index is 13.4. The van der Waals surface area contributed by atoms with Crippen LogP contribution in [-0.2, 0) is 32.0 Å². The Morgan fingerprint density at radius 2 is 1.67 bits per heavy atom. The van der Waals surface area contributed by atoms with Crippen molar-refractivity contribution in [2.75, 3.05) is 20.7 Å². The van der Waals surface area contributed by atoms with E-state index in [-0.39, 0.29) is 37.3 Å². The van der Waals surface area contributed by atoms with Crippen molar-refractivity contribution in [1.29, 1.82) is 0 Å². The molecule has 1 heterocycles. The van der Waals surface area contributed by atoms with Gasteiger partial charge in [0.1, 0.15) is 23.6 Å². The Bertz CT molecular complexity index is 1140. The van der Waals surface area contributed by atoms with E-state index in [9.17, 15) is 29.7 Å². The molecule has 0 fully saturated rings. The molecule has 4 bridgehead atoms. The number of carbonyl (C=O) groups excluding carboxylic acids is 3. The highest BCUT2D eigenvalue weighted by Crippen LogP contribution is 2.31. The predicted octanol–water partition coefficient (Wildman–Crippen LogP) is -0.615. The molecular weight excluding hydrogens is 468 g/mol. The van der Waals surface area contributed by atoms with Gasteiger partial charge in [-0.3, -0.25) is 9.59 Å². The number of fused-ring (bicyclic) bond motifs is 5. The third-order valence-electron chi connectivity index (χ3n) is 6.37. The number of nitrogens with two attached hydrogens (primary N) is 2. The van der Waals surface area contributed by atoms with Crippen LogP contribution in [0.2, 0.25) is 0 Å². The molecule has 0 radical (unpaired) electrons. The van der Waals surface area contributed by atoms with Crippen LogP contribution in [-0.4, -0.2) is 82.9 Å². The first kappa shape index (κ1) is 26.9. The van der Waals surface area contributed by atoms with Crippen LogP contribution in [0.4, 0.5) is 0 Å². The Kier molecular flexibility index (Phi) is 8.51. The van der Waals surface area contributed by atoms with Crippen molar-refractivity contribution in [3.05, 3.63) is 47.5 Å². The highest BCUT2D eigenvalue weighted by Gasteiger charge is 2.35. The largest absolute Gasteiger partial charge is 0.508 e. The lowest BCUT2D eigenvalue weighted by Gasteiger charge is -2.31. The van der Waals surface area contributed by atoms with Crippen molar-refractivity contribution in [3.63, 3.8) is 0 Å². The molecule has 0 saturated carbocycles. The van der Waals surface area contributed by atoms with E-state index in [2.05, 4.69) is 5.32 Å². The van der Waals surface area contributed by atoms with Gasteiger partial charge < -0.3 is 41.7 Å². The molecule has 11 nitrogen and oxygen atoms in total. The molecular formula is C25H32N4O7. The summed E-state index contributed by atoms with van der Waals surface area (Å²) in [6.07, 6.45) is -1.44. The van der Waals surface area contributed by atoms with Gasteiger partial charge in [0.05, 0.1) is 19.3 Å². The standard InChI is InChI=1S/C25H32N4O7/c1-29-20(25(35)36-2)10-16-8-14(4-6-22(16)32)13-3-5-21(31)15(7-13)9-18(27)23(33)28-19(24(29)34)11-17(30)12-26/h3-8,17-20,30-32H,9-12,26-27H2,1-2H3,(H,28,33)/t17-,18+,19+,20+/m1/s1. The molecule has 0 saturated heterocycles. The van der Waals surface area contributed by atoms with Crippen LogP contribution in [0.15, 0.2) is 36.4 Å². The summed E-state index contributed by atoms with van der Waals surface area (Å²) < 4.78 is 4.91. The lowest BCUT2D eigenvalue weighted by atomic mass is 9.95. The lowest BCUT2D eigenvalue weighted by molar-refractivity contribution is -0.153. The summed E-state index contributed by atoms with van der Waals surface area (Å²) in [6, 6.07) is 6.15. The van der Waals surface area contributed by atoms with Gasteiger partial charge in [0.25, 0.3) is 0 Å². The summed E-state index contributed by atoms with van der Waals surface area (Å²) in [4.78, 5) is 40.2. The van der Waals surface area contributed by atoms with Crippen LogP contribution in [0.25, 0.3) is 11.1 Å². The van der Waals surface area contributed by atoms with Gasteiger partial charge in [0.15, 0.2) is 0 Å². The number of aliphatic hydroxyl groups is 1. The second kappa shape index (κ2) is 11.4. The van der Waals surface area contributed by atoms with Gasteiger partial charge in [-0.25, -0.2) is 4.79 Å². The van der Waals surface area contributed by atoms with Crippen LogP contribution >= 0.6 is 0 Å². The number of aromatic hydroxyl groups is 2. The summed E-state index contributed by atoms with van der Waals surface area (Å²) in [5.74, 6) is -2.22. The first-order valence-electron chi connectivity index (χ1n) is 11.5. The number of rotatable bonds is 4. The zero-order valence-electron chi connectivity index (χ0n) is 20.2. The topological polar surface area (TPSA) is 188 Å². The molecule has 1 aliphatic heterocycles. The Hall–Kier alpha value is -3.67. The molecule has 8 N–H and O–H groups in total. The number of benzene rings is 2. The first-order valence-corrected chi connectivity index (χ1v) is 11.5. The number of nitrogens with one attached hydrogen (secondary N) is 1. The van der Waals surface area contributed by atoms with Crippen LogP contribution in [0, 0.1) is 0 Å². The highest BCUT2D eigenvalue weighted by molar-refractivity contribution is 5.92. The first-order chi connectivity index (χ1) is 17.0. The van der Waals surface area contributed by atoms with Gasteiger partial charge in [-0.15, -0.1) is 0 Å². The summed E-state index contributed by atoms with van der Waals surface area (Å²) in [6.45, 7) is -0.156. The number of methoxy groups -OCH3 is 1. The number of carbonyl (C=O) groups is 3. The Morgan fingerprint density at radius 3 is 2.19 bits per heavy atom. The summed E-state index contributed by atoms with van der Waals surface area (Å²) in [5.41, 5.74) is 13.8. The number of amides is 2. The summed E-state index contributed by atoms with van der Waals surface area (Å²) in [5, 5.41) is 33.5. The summed E-state index contributed by atoms with van der Waals surface area (Å²) in [7, 11) is 2.55. The monoisotopic (exact) mass is 500 g/mol. The van der Waals surface area contributed by atoms with Gasteiger partial charge in [-0.2, -0.15) is 0 Å². The minimum Gasteiger partial charge on any atom is -0.508 e.